The Labute approximate surface area is 133 Å². The predicted octanol–water partition coefficient (Wildman–Crippen LogP) is 2.18. The molecule has 0 aliphatic rings. The molecule has 0 aliphatic heterocycles. The Morgan fingerprint density at radius 1 is 1.35 bits per heavy atom. The van der Waals surface area contributed by atoms with Gasteiger partial charge in [0.2, 0.25) is 0 Å². The third-order valence-corrected chi connectivity index (χ3v) is 3.42. The summed E-state index contributed by atoms with van der Waals surface area (Å²) in [6.07, 6.45) is 0.288. The first-order chi connectivity index (χ1) is 10.8. The number of hydrogen-bond acceptors (Lipinski definition) is 6. The second-order valence-corrected chi connectivity index (χ2v) is 5.78. The van der Waals surface area contributed by atoms with E-state index in [4.69, 9.17) is 13.9 Å². The largest absolute Gasteiger partial charge is 0.493 e. The number of aliphatic hydroxyl groups is 1. The van der Waals surface area contributed by atoms with E-state index in [1.807, 2.05) is 13.0 Å². The number of rotatable bonds is 6. The van der Waals surface area contributed by atoms with E-state index >= 15 is 0 Å². The maximum Gasteiger partial charge on any atom is 0.336 e. The van der Waals surface area contributed by atoms with Gasteiger partial charge in [0.25, 0.3) is 0 Å². The van der Waals surface area contributed by atoms with Gasteiger partial charge in [-0.25, -0.2) is 4.79 Å². The molecule has 0 unspecified atom stereocenters. The van der Waals surface area contributed by atoms with Gasteiger partial charge in [0.05, 0.1) is 12.2 Å². The molecule has 0 saturated carbocycles. The molecular weight excluding hydrogens is 300 g/mol. The second kappa shape index (κ2) is 6.83. The lowest BCUT2D eigenvalue weighted by Crippen LogP contribution is -2.33. The number of benzene rings is 1. The van der Waals surface area contributed by atoms with Crippen LogP contribution in [0.4, 0.5) is 0 Å². The summed E-state index contributed by atoms with van der Waals surface area (Å²) in [5, 5.41) is 10.9. The van der Waals surface area contributed by atoms with Crippen molar-refractivity contribution in [3.05, 3.63) is 40.2 Å². The minimum absolute atomic E-state index is 0.0858. The Balaban J connectivity index is 2.00. The molecule has 6 heteroatoms. The molecule has 1 heterocycles. The van der Waals surface area contributed by atoms with Crippen molar-refractivity contribution in [2.24, 2.45) is 0 Å². The number of carbonyl (C=O) groups excluding carboxylic acids is 1. The Morgan fingerprint density at radius 3 is 2.78 bits per heavy atom. The van der Waals surface area contributed by atoms with E-state index in [2.05, 4.69) is 0 Å². The summed E-state index contributed by atoms with van der Waals surface area (Å²) >= 11 is 0. The average Bonchev–Trinajstić information content (AvgIpc) is 2.44. The van der Waals surface area contributed by atoms with Crippen LogP contribution < -0.4 is 10.4 Å². The number of hydrogen-bond donors (Lipinski definition) is 1. The molecule has 0 radical (unpaired) electrons. The van der Waals surface area contributed by atoms with E-state index in [0.717, 1.165) is 10.9 Å². The SMILES string of the molecule is CC(=O)OC[C@@](C)(O)CCOc1ccc2c(C)cc(=O)oc2c1. The molecule has 2 rings (SSSR count). The second-order valence-electron chi connectivity index (χ2n) is 5.78. The first-order valence-corrected chi connectivity index (χ1v) is 7.30. The smallest absolute Gasteiger partial charge is 0.336 e. The summed E-state index contributed by atoms with van der Waals surface area (Å²) in [5.74, 6) is 0.0978. The summed E-state index contributed by atoms with van der Waals surface area (Å²) in [7, 11) is 0. The van der Waals surface area contributed by atoms with Crippen LogP contribution in [0.2, 0.25) is 0 Å². The maximum atomic E-state index is 11.4. The molecule has 0 fully saturated rings. The van der Waals surface area contributed by atoms with Crippen LogP contribution >= 0.6 is 0 Å². The zero-order valence-electron chi connectivity index (χ0n) is 13.4. The summed E-state index contributed by atoms with van der Waals surface area (Å²) in [6, 6.07) is 6.68. The Morgan fingerprint density at radius 2 is 2.09 bits per heavy atom. The van der Waals surface area contributed by atoms with Gasteiger partial charge >= 0.3 is 11.6 Å². The summed E-state index contributed by atoms with van der Waals surface area (Å²) in [6.45, 7) is 4.85. The number of aryl methyl sites for hydroxylation is 1. The molecule has 6 nitrogen and oxygen atoms in total. The lowest BCUT2D eigenvalue weighted by Gasteiger charge is -2.22. The lowest BCUT2D eigenvalue weighted by atomic mass is 10.1. The van der Waals surface area contributed by atoms with Gasteiger partial charge < -0.3 is 19.0 Å². The van der Waals surface area contributed by atoms with Gasteiger partial charge in [0.1, 0.15) is 17.9 Å². The van der Waals surface area contributed by atoms with Crippen LogP contribution in [0.25, 0.3) is 11.0 Å². The van der Waals surface area contributed by atoms with Gasteiger partial charge in [-0.3, -0.25) is 4.79 Å². The Kier molecular flexibility index (Phi) is 5.05. The monoisotopic (exact) mass is 320 g/mol. The summed E-state index contributed by atoms with van der Waals surface area (Å²) in [5.41, 5.74) is -0.270. The van der Waals surface area contributed by atoms with E-state index < -0.39 is 17.2 Å². The molecule has 2 aromatic rings. The minimum atomic E-state index is -1.16. The van der Waals surface area contributed by atoms with Crippen LogP contribution in [-0.2, 0) is 9.53 Å². The fraction of sp³-hybridized carbons (Fsp3) is 0.412. The van der Waals surface area contributed by atoms with Crippen molar-refractivity contribution in [3.63, 3.8) is 0 Å². The minimum Gasteiger partial charge on any atom is -0.493 e. The molecule has 1 atom stereocenters. The third kappa shape index (κ3) is 4.82. The fourth-order valence-electron chi connectivity index (χ4n) is 2.11. The van der Waals surface area contributed by atoms with Gasteiger partial charge in [-0.2, -0.15) is 0 Å². The average molecular weight is 320 g/mol. The summed E-state index contributed by atoms with van der Waals surface area (Å²) < 4.78 is 15.5. The quantitative estimate of drug-likeness (QED) is 0.648. The Bertz CT molecular complexity index is 759. The number of ether oxygens (including phenoxy) is 2. The summed E-state index contributed by atoms with van der Waals surface area (Å²) in [4.78, 5) is 22.2. The van der Waals surface area contributed by atoms with Crippen molar-refractivity contribution >= 4 is 16.9 Å². The maximum absolute atomic E-state index is 11.4. The zero-order valence-corrected chi connectivity index (χ0v) is 13.4. The molecule has 0 spiro atoms. The zero-order chi connectivity index (χ0) is 17.0. The van der Waals surface area contributed by atoms with Crippen molar-refractivity contribution in [1.29, 1.82) is 0 Å². The van der Waals surface area contributed by atoms with Gasteiger partial charge in [-0.1, -0.05) is 0 Å². The molecule has 1 aromatic heterocycles. The van der Waals surface area contributed by atoms with Gasteiger partial charge in [0.15, 0.2) is 0 Å². The molecule has 23 heavy (non-hydrogen) atoms. The van der Waals surface area contributed by atoms with Crippen molar-refractivity contribution in [2.75, 3.05) is 13.2 Å². The topological polar surface area (TPSA) is 86.0 Å². The van der Waals surface area contributed by atoms with Crippen LogP contribution in [0.3, 0.4) is 0 Å². The van der Waals surface area contributed by atoms with Crippen LogP contribution in [0.5, 0.6) is 5.75 Å². The molecule has 0 amide bonds. The number of carbonyl (C=O) groups is 1. The first kappa shape index (κ1) is 17.0. The van der Waals surface area contributed by atoms with Crippen LogP contribution in [0.1, 0.15) is 25.8 Å². The highest BCUT2D eigenvalue weighted by atomic mass is 16.5. The molecular formula is C17H20O6. The van der Waals surface area contributed by atoms with Crippen LogP contribution in [0, 0.1) is 6.92 Å². The van der Waals surface area contributed by atoms with E-state index in [1.165, 1.54) is 13.0 Å². The molecule has 1 aromatic carbocycles. The molecule has 0 bridgehead atoms. The standard InChI is InChI=1S/C17H20O6/c1-11-8-16(19)23-15-9-13(4-5-14(11)15)21-7-6-17(3,20)10-22-12(2)18/h4-5,8-9,20H,6-7,10H2,1-3H3/t17-/m0/s1. The highest BCUT2D eigenvalue weighted by Crippen LogP contribution is 2.22. The van der Waals surface area contributed by atoms with E-state index in [1.54, 1.807) is 19.1 Å². The van der Waals surface area contributed by atoms with Gasteiger partial charge in [-0.15, -0.1) is 0 Å². The van der Waals surface area contributed by atoms with Crippen LogP contribution in [0.15, 0.2) is 33.5 Å². The van der Waals surface area contributed by atoms with Gasteiger partial charge in [-0.05, 0) is 31.5 Å². The molecule has 124 valence electrons. The normalized spacial score (nSPS) is 13.6. The predicted molar refractivity (Wildman–Crippen MR) is 84.6 cm³/mol. The van der Waals surface area contributed by atoms with Crippen molar-refractivity contribution in [2.45, 2.75) is 32.8 Å². The number of esters is 1. The van der Waals surface area contributed by atoms with Gasteiger partial charge in [0, 0.05) is 30.9 Å². The number of fused-ring (bicyclic) bond motifs is 1. The molecule has 0 aliphatic carbocycles. The van der Waals surface area contributed by atoms with E-state index in [-0.39, 0.29) is 19.6 Å². The third-order valence-electron chi connectivity index (χ3n) is 3.42. The van der Waals surface area contributed by atoms with Crippen molar-refractivity contribution < 1.29 is 23.8 Å². The highest BCUT2D eigenvalue weighted by molar-refractivity contribution is 5.81. The van der Waals surface area contributed by atoms with Crippen LogP contribution in [-0.4, -0.2) is 29.9 Å². The first-order valence-electron chi connectivity index (χ1n) is 7.30. The fourth-order valence-corrected chi connectivity index (χ4v) is 2.11. The molecule has 1 N–H and O–H groups in total. The highest BCUT2D eigenvalue weighted by Gasteiger charge is 2.22. The van der Waals surface area contributed by atoms with Crippen molar-refractivity contribution in [3.8, 4) is 5.75 Å². The lowest BCUT2D eigenvalue weighted by molar-refractivity contribution is -0.148. The van der Waals surface area contributed by atoms with Crippen molar-refractivity contribution in [1.82, 2.24) is 0 Å². The Hall–Kier alpha value is -2.34. The van der Waals surface area contributed by atoms with E-state index in [9.17, 15) is 14.7 Å². The van der Waals surface area contributed by atoms with E-state index in [0.29, 0.717) is 11.3 Å². The molecule has 0 saturated heterocycles.